The van der Waals surface area contributed by atoms with Gasteiger partial charge in [0.05, 0.1) is 6.54 Å². The minimum atomic E-state index is -0.537. The molecule has 4 fully saturated rings. The summed E-state index contributed by atoms with van der Waals surface area (Å²) in [6.07, 6.45) is 6.45. The minimum absolute atomic E-state index is 0.0486. The highest BCUT2D eigenvalue weighted by Crippen LogP contribution is 2.46. The van der Waals surface area contributed by atoms with Crippen molar-refractivity contribution in [3.05, 3.63) is 35.9 Å². The molecule has 154 valence electrons. The molecule has 4 aliphatic rings. The molecule has 1 aromatic rings. The van der Waals surface area contributed by atoms with Gasteiger partial charge in [0, 0.05) is 31.1 Å². The van der Waals surface area contributed by atoms with Gasteiger partial charge in [0.15, 0.2) is 0 Å². The molecule has 0 spiro atoms. The molecule has 5 rings (SSSR count). The van der Waals surface area contributed by atoms with Crippen molar-refractivity contribution >= 4 is 18.0 Å². The van der Waals surface area contributed by atoms with Gasteiger partial charge >= 0.3 is 12.1 Å². The van der Waals surface area contributed by atoms with E-state index in [1.165, 1.54) is 16.9 Å². The lowest BCUT2D eigenvalue weighted by Crippen LogP contribution is -2.57. The second kappa shape index (κ2) is 7.35. The summed E-state index contributed by atoms with van der Waals surface area (Å²) in [6.45, 7) is 1.20. The number of benzene rings is 1. The Balaban J connectivity index is 1.23. The van der Waals surface area contributed by atoms with Crippen molar-refractivity contribution in [1.82, 2.24) is 20.0 Å². The van der Waals surface area contributed by atoms with Crippen LogP contribution >= 0.6 is 0 Å². The van der Waals surface area contributed by atoms with E-state index in [1.54, 1.807) is 9.80 Å². The van der Waals surface area contributed by atoms with Crippen LogP contribution in [0.25, 0.3) is 0 Å². The Kier molecular flexibility index (Phi) is 4.68. The lowest BCUT2D eigenvalue weighted by Gasteiger charge is -2.36. The molecule has 7 heteroatoms. The molecule has 0 unspecified atom stereocenters. The zero-order chi connectivity index (χ0) is 20.0. The molecule has 3 atom stereocenters. The maximum Gasteiger partial charge on any atom is 0.327 e. The summed E-state index contributed by atoms with van der Waals surface area (Å²) in [5.41, 5.74) is 1.18. The van der Waals surface area contributed by atoms with Crippen LogP contribution in [0.1, 0.15) is 50.0 Å². The number of urea groups is 2. The second-order valence-electron chi connectivity index (χ2n) is 8.75. The predicted molar refractivity (Wildman–Crippen MR) is 107 cm³/mol. The predicted octanol–water partition coefficient (Wildman–Crippen LogP) is 2.53. The number of hydrogen-bond acceptors (Lipinski definition) is 3. The number of nitrogens with zero attached hydrogens (tertiary/aromatic N) is 3. The molecule has 0 aromatic heterocycles. The van der Waals surface area contributed by atoms with Crippen LogP contribution in [0.4, 0.5) is 9.59 Å². The van der Waals surface area contributed by atoms with Gasteiger partial charge in [-0.3, -0.25) is 9.69 Å². The second-order valence-corrected chi connectivity index (χ2v) is 8.75. The van der Waals surface area contributed by atoms with Gasteiger partial charge in [-0.1, -0.05) is 49.6 Å². The summed E-state index contributed by atoms with van der Waals surface area (Å²) in [5, 5.41) is 3.13. The Labute approximate surface area is 171 Å². The molecule has 2 saturated heterocycles. The number of nitrogens with one attached hydrogen (secondary N) is 1. The first kappa shape index (κ1) is 18.5. The number of amides is 5. The van der Waals surface area contributed by atoms with Crippen LogP contribution in [0.3, 0.4) is 0 Å². The van der Waals surface area contributed by atoms with Gasteiger partial charge in [0.1, 0.15) is 6.04 Å². The molecule has 1 aromatic carbocycles. The molecule has 5 amide bonds. The third-order valence-corrected chi connectivity index (χ3v) is 6.89. The van der Waals surface area contributed by atoms with Gasteiger partial charge in [-0.15, -0.1) is 0 Å². The van der Waals surface area contributed by atoms with Crippen molar-refractivity contribution in [1.29, 1.82) is 0 Å². The Morgan fingerprint density at radius 2 is 1.76 bits per heavy atom. The molecule has 2 aliphatic carbocycles. The fourth-order valence-electron chi connectivity index (χ4n) is 5.14. The fourth-order valence-corrected chi connectivity index (χ4v) is 5.14. The van der Waals surface area contributed by atoms with Crippen LogP contribution in [-0.2, 0) is 4.79 Å². The van der Waals surface area contributed by atoms with E-state index in [-0.39, 0.29) is 36.0 Å². The summed E-state index contributed by atoms with van der Waals surface area (Å²) in [6, 6.07) is 9.44. The van der Waals surface area contributed by atoms with Gasteiger partial charge in [-0.2, -0.15) is 0 Å². The van der Waals surface area contributed by atoms with Gasteiger partial charge in [-0.25, -0.2) is 9.59 Å². The molecule has 0 bridgehead atoms. The summed E-state index contributed by atoms with van der Waals surface area (Å²) in [7, 11) is 0. The first-order chi connectivity index (χ1) is 14.1. The highest BCUT2D eigenvalue weighted by molar-refractivity contribution is 6.05. The smallest absolute Gasteiger partial charge is 0.327 e. The first-order valence-electron chi connectivity index (χ1n) is 10.9. The number of carbonyl (C=O) groups is 3. The van der Waals surface area contributed by atoms with Crippen molar-refractivity contribution in [2.24, 2.45) is 0 Å². The van der Waals surface area contributed by atoms with Crippen LogP contribution in [0.15, 0.2) is 30.3 Å². The van der Waals surface area contributed by atoms with E-state index in [4.69, 9.17) is 0 Å². The van der Waals surface area contributed by atoms with Crippen LogP contribution in [-0.4, -0.2) is 70.4 Å². The van der Waals surface area contributed by atoms with Crippen LogP contribution < -0.4 is 5.32 Å². The molecular formula is C22H28N4O3. The molecule has 7 nitrogen and oxygen atoms in total. The maximum atomic E-state index is 13.1. The molecule has 0 radical (unpaired) electrons. The number of carbonyl (C=O) groups excluding carboxylic acids is 3. The van der Waals surface area contributed by atoms with Crippen LogP contribution in [0, 0.1) is 0 Å². The molecule has 2 saturated carbocycles. The zero-order valence-electron chi connectivity index (χ0n) is 16.6. The van der Waals surface area contributed by atoms with E-state index >= 15 is 0 Å². The van der Waals surface area contributed by atoms with Gasteiger partial charge in [-0.05, 0) is 24.8 Å². The quantitative estimate of drug-likeness (QED) is 0.798. The van der Waals surface area contributed by atoms with E-state index < -0.39 is 6.04 Å². The van der Waals surface area contributed by atoms with E-state index in [2.05, 4.69) is 17.4 Å². The highest BCUT2D eigenvalue weighted by atomic mass is 16.2. The average Bonchev–Trinajstić information content (AvgIpc) is 3.50. The fraction of sp³-hybridized carbons (Fsp3) is 0.591. The van der Waals surface area contributed by atoms with Crippen molar-refractivity contribution in [2.75, 3.05) is 19.6 Å². The molecule has 29 heavy (non-hydrogen) atoms. The lowest BCUT2D eigenvalue weighted by atomic mass is 9.96. The number of fused-ring (bicyclic) bond motifs is 1. The minimum Gasteiger partial charge on any atom is -0.335 e. The topological polar surface area (TPSA) is 73.0 Å². The Bertz CT molecular complexity index is 808. The monoisotopic (exact) mass is 396 g/mol. The molecular weight excluding hydrogens is 368 g/mol. The lowest BCUT2D eigenvalue weighted by molar-refractivity contribution is -0.129. The largest absolute Gasteiger partial charge is 0.335 e. The summed E-state index contributed by atoms with van der Waals surface area (Å²) < 4.78 is 0. The Morgan fingerprint density at radius 1 is 1.00 bits per heavy atom. The van der Waals surface area contributed by atoms with E-state index in [0.29, 0.717) is 19.6 Å². The van der Waals surface area contributed by atoms with Crippen molar-refractivity contribution in [3.8, 4) is 0 Å². The van der Waals surface area contributed by atoms with Gasteiger partial charge < -0.3 is 15.1 Å². The van der Waals surface area contributed by atoms with Crippen LogP contribution in [0.5, 0.6) is 0 Å². The number of rotatable bonds is 3. The maximum absolute atomic E-state index is 13.1. The Hall–Kier alpha value is -2.57. The zero-order valence-corrected chi connectivity index (χ0v) is 16.6. The standard InChI is InChI=1S/C22H28N4O3/c27-20-19-14-24(21(28)23-16-9-5-2-6-10-16)11-12-25(19)22(29)26(20)18-13-17(18)15-7-3-1-4-8-15/h1,3-4,7-8,16-19H,2,5-6,9-14H2,(H,23,28)/t17-,18-,19+/m1/s1. The van der Waals surface area contributed by atoms with E-state index in [1.807, 2.05) is 18.2 Å². The average molecular weight is 396 g/mol. The number of piperazine rings is 1. The van der Waals surface area contributed by atoms with E-state index in [9.17, 15) is 14.4 Å². The number of hydrogen-bond donors (Lipinski definition) is 1. The van der Waals surface area contributed by atoms with Gasteiger partial charge in [0.2, 0.25) is 0 Å². The SMILES string of the molecule is O=C(NC1CCCCC1)N1CCN2C(=O)N([C@@H]3C[C@@H]3c3ccccc3)C(=O)[C@@H]2C1. The van der Waals surface area contributed by atoms with Crippen molar-refractivity contribution < 1.29 is 14.4 Å². The first-order valence-corrected chi connectivity index (χ1v) is 10.9. The summed E-state index contributed by atoms with van der Waals surface area (Å²) in [5.74, 6) is 0.0877. The van der Waals surface area contributed by atoms with Crippen molar-refractivity contribution in [2.45, 2.75) is 62.6 Å². The van der Waals surface area contributed by atoms with E-state index in [0.717, 1.165) is 32.1 Å². The third-order valence-electron chi connectivity index (χ3n) is 6.89. The van der Waals surface area contributed by atoms with Gasteiger partial charge in [0.25, 0.3) is 5.91 Å². The number of imide groups is 1. The summed E-state index contributed by atoms with van der Waals surface area (Å²) in [4.78, 5) is 43.5. The van der Waals surface area contributed by atoms with Crippen LogP contribution in [0.2, 0.25) is 0 Å². The Morgan fingerprint density at radius 3 is 2.52 bits per heavy atom. The molecule has 1 N–H and O–H groups in total. The highest BCUT2D eigenvalue weighted by Gasteiger charge is 2.56. The normalized spacial score (nSPS) is 29.8. The third kappa shape index (κ3) is 3.36. The van der Waals surface area contributed by atoms with Crippen molar-refractivity contribution in [3.63, 3.8) is 0 Å². The molecule has 2 heterocycles. The summed E-state index contributed by atoms with van der Waals surface area (Å²) >= 11 is 0. The molecule has 2 aliphatic heterocycles.